The molecular formula is C16H15F2NO. The Morgan fingerprint density at radius 3 is 2.90 bits per heavy atom. The van der Waals surface area contributed by atoms with E-state index in [1.807, 2.05) is 24.3 Å². The van der Waals surface area contributed by atoms with E-state index in [-0.39, 0.29) is 11.7 Å². The van der Waals surface area contributed by atoms with E-state index in [1.165, 1.54) is 11.6 Å². The first-order valence-electron chi connectivity index (χ1n) is 6.60. The lowest BCUT2D eigenvalue weighted by atomic mass is 10.0. The minimum absolute atomic E-state index is 0.253. The number of rotatable bonds is 4. The summed E-state index contributed by atoms with van der Waals surface area (Å²) < 4.78 is 32.1. The van der Waals surface area contributed by atoms with Gasteiger partial charge in [-0.3, -0.25) is 0 Å². The molecule has 3 rings (SSSR count). The molecule has 2 aromatic carbocycles. The lowest BCUT2D eigenvalue weighted by Gasteiger charge is -2.11. The molecule has 1 heterocycles. The van der Waals surface area contributed by atoms with Gasteiger partial charge < -0.3 is 10.1 Å². The summed E-state index contributed by atoms with van der Waals surface area (Å²) >= 11 is 0. The molecule has 0 spiro atoms. The standard InChI is InChI=1S/C16H15F2NO/c17-13-5-6-15(18)11(7-13)8-19-9-12-10-20-16-4-2-1-3-14(12)16/h1-7,12,19H,8-10H2. The molecule has 0 fully saturated rings. The van der Waals surface area contributed by atoms with E-state index >= 15 is 0 Å². The van der Waals surface area contributed by atoms with Crippen LogP contribution in [0.2, 0.25) is 0 Å². The zero-order valence-electron chi connectivity index (χ0n) is 10.9. The Morgan fingerprint density at radius 1 is 1.15 bits per heavy atom. The van der Waals surface area contributed by atoms with Gasteiger partial charge in [0, 0.05) is 30.1 Å². The van der Waals surface area contributed by atoms with Crippen molar-refractivity contribution in [1.82, 2.24) is 5.32 Å². The highest BCUT2D eigenvalue weighted by Crippen LogP contribution is 2.32. The maximum atomic E-state index is 13.5. The number of nitrogens with one attached hydrogen (secondary N) is 1. The first-order valence-corrected chi connectivity index (χ1v) is 6.60. The second-order valence-corrected chi connectivity index (χ2v) is 4.91. The van der Waals surface area contributed by atoms with E-state index in [4.69, 9.17) is 4.74 Å². The predicted molar refractivity (Wildman–Crippen MR) is 72.7 cm³/mol. The monoisotopic (exact) mass is 275 g/mol. The lowest BCUT2D eigenvalue weighted by Crippen LogP contribution is -2.22. The van der Waals surface area contributed by atoms with Crippen molar-refractivity contribution in [1.29, 1.82) is 0 Å². The van der Waals surface area contributed by atoms with Gasteiger partial charge >= 0.3 is 0 Å². The van der Waals surface area contributed by atoms with Gasteiger partial charge in [-0.25, -0.2) is 8.78 Å². The second-order valence-electron chi connectivity index (χ2n) is 4.91. The normalized spacial score (nSPS) is 16.8. The summed E-state index contributed by atoms with van der Waals surface area (Å²) in [5, 5.41) is 3.17. The molecule has 0 bridgehead atoms. The van der Waals surface area contributed by atoms with Gasteiger partial charge in [-0.15, -0.1) is 0 Å². The Bertz CT molecular complexity index is 615. The SMILES string of the molecule is Fc1ccc(F)c(CNCC2COc3ccccc32)c1. The molecule has 0 radical (unpaired) electrons. The van der Waals surface area contributed by atoms with Crippen LogP contribution in [-0.2, 0) is 6.54 Å². The van der Waals surface area contributed by atoms with Crippen molar-refractivity contribution in [2.45, 2.75) is 12.5 Å². The van der Waals surface area contributed by atoms with Gasteiger partial charge in [-0.05, 0) is 24.3 Å². The third-order valence-electron chi connectivity index (χ3n) is 3.51. The van der Waals surface area contributed by atoms with E-state index in [2.05, 4.69) is 5.32 Å². The fourth-order valence-electron chi connectivity index (χ4n) is 2.46. The molecule has 0 aromatic heterocycles. The number of halogens is 2. The number of fused-ring (bicyclic) bond motifs is 1. The van der Waals surface area contributed by atoms with Crippen LogP contribution in [-0.4, -0.2) is 13.2 Å². The van der Waals surface area contributed by atoms with Crippen LogP contribution in [0.3, 0.4) is 0 Å². The van der Waals surface area contributed by atoms with Crippen LogP contribution < -0.4 is 10.1 Å². The van der Waals surface area contributed by atoms with Crippen LogP contribution in [0.25, 0.3) is 0 Å². The largest absolute Gasteiger partial charge is 0.493 e. The molecular weight excluding hydrogens is 260 g/mol. The molecule has 1 N–H and O–H groups in total. The van der Waals surface area contributed by atoms with Gasteiger partial charge in [0.15, 0.2) is 0 Å². The quantitative estimate of drug-likeness (QED) is 0.925. The van der Waals surface area contributed by atoms with Crippen LogP contribution in [0.5, 0.6) is 5.75 Å². The average molecular weight is 275 g/mol. The highest BCUT2D eigenvalue weighted by molar-refractivity contribution is 5.39. The van der Waals surface area contributed by atoms with Crippen LogP contribution in [0, 0.1) is 11.6 Å². The highest BCUT2D eigenvalue weighted by atomic mass is 19.1. The summed E-state index contributed by atoms with van der Waals surface area (Å²) in [6.07, 6.45) is 0. The summed E-state index contributed by atoms with van der Waals surface area (Å²) in [5.74, 6) is 0.360. The molecule has 1 aliphatic rings. The summed E-state index contributed by atoms with van der Waals surface area (Å²) in [6.45, 7) is 1.60. The van der Waals surface area contributed by atoms with E-state index in [0.717, 1.165) is 17.9 Å². The molecule has 2 nitrogen and oxygen atoms in total. The summed E-state index contributed by atoms with van der Waals surface area (Å²) in [4.78, 5) is 0. The predicted octanol–water partition coefficient (Wildman–Crippen LogP) is 3.23. The zero-order chi connectivity index (χ0) is 13.9. The third kappa shape index (κ3) is 2.65. The van der Waals surface area contributed by atoms with E-state index in [0.29, 0.717) is 25.3 Å². The van der Waals surface area contributed by atoms with Gasteiger partial charge in [0.2, 0.25) is 0 Å². The number of ether oxygens (including phenoxy) is 1. The number of hydrogen-bond acceptors (Lipinski definition) is 2. The Labute approximate surface area is 116 Å². The highest BCUT2D eigenvalue weighted by Gasteiger charge is 2.22. The zero-order valence-corrected chi connectivity index (χ0v) is 10.9. The van der Waals surface area contributed by atoms with Crippen LogP contribution in [0.4, 0.5) is 8.78 Å². The van der Waals surface area contributed by atoms with Gasteiger partial charge in [0.25, 0.3) is 0 Å². The van der Waals surface area contributed by atoms with Gasteiger partial charge in [-0.1, -0.05) is 18.2 Å². The minimum atomic E-state index is -0.419. The van der Waals surface area contributed by atoms with Crippen molar-refractivity contribution in [3.05, 3.63) is 65.2 Å². The first kappa shape index (κ1) is 13.1. The third-order valence-corrected chi connectivity index (χ3v) is 3.51. The van der Waals surface area contributed by atoms with Gasteiger partial charge in [-0.2, -0.15) is 0 Å². The minimum Gasteiger partial charge on any atom is -0.493 e. The summed E-state index contributed by atoms with van der Waals surface area (Å²) in [5.41, 5.74) is 1.51. The van der Waals surface area contributed by atoms with Crippen LogP contribution >= 0.6 is 0 Å². The second kappa shape index (κ2) is 5.59. The number of hydrogen-bond donors (Lipinski definition) is 1. The average Bonchev–Trinajstić information content (AvgIpc) is 2.86. The Hall–Kier alpha value is -1.94. The van der Waals surface area contributed by atoms with Crippen LogP contribution in [0.15, 0.2) is 42.5 Å². The molecule has 104 valence electrons. The molecule has 0 saturated carbocycles. The molecule has 2 aromatic rings. The summed E-state index contributed by atoms with van der Waals surface area (Å²) in [7, 11) is 0. The van der Waals surface area contributed by atoms with Crippen molar-refractivity contribution >= 4 is 0 Å². The molecule has 4 heteroatoms. The Morgan fingerprint density at radius 2 is 2.00 bits per heavy atom. The maximum absolute atomic E-state index is 13.5. The van der Waals surface area contributed by atoms with E-state index in [9.17, 15) is 8.78 Å². The van der Waals surface area contributed by atoms with Gasteiger partial charge in [0.05, 0.1) is 6.61 Å². The van der Waals surface area contributed by atoms with Crippen molar-refractivity contribution in [2.24, 2.45) is 0 Å². The molecule has 1 aliphatic heterocycles. The molecule has 20 heavy (non-hydrogen) atoms. The Balaban J connectivity index is 1.60. The van der Waals surface area contributed by atoms with Crippen molar-refractivity contribution < 1.29 is 13.5 Å². The topological polar surface area (TPSA) is 21.3 Å². The van der Waals surface area contributed by atoms with E-state index in [1.54, 1.807) is 0 Å². The fraction of sp³-hybridized carbons (Fsp3) is 0.250. The smallest absolute Gasteiger partial charge is 0.127 e. The van der Waals surface area contributed by atoms with Gasteiger partial charge in [0.1, 0.15) is 17.4 Å². The fourth-order valence-corrected chi connectivity index (χ4v) is 2.46. The van der Waals surface area contributed by atoms with Crippen LogP contribution in [0.1, 0.15) is 17.0 Å². The Kier molecular flexibility index (Phi) is 3.65. The van der Waals surface area contributed by atoms with Crippen molar-refractivity contribution in [3.8, 4) is 5.75 Å². The molecule has 0 amide bonds. The summed E-state index contributed by atoms with van der Waals surface area (Å²) in [6, 6.07) is 11.4. The van der Waals surface area contributed by atoms with Crippen molar-refractivity contribution in [3.63, 3.8) is 0 Å². The lowest BCUT2D eigenvalue weighted by molar-refractivity contribution is 0.326. The van der Waals surface area contributed by atoms with Crippen molar-refractivity contribution in [2.75, 3.05) is 13.2 Å². The molecule has 1 atom stereocenters. The molecule has 0 saturated heterocycles. The van der Waals surface area contributed by atoms with E-state index < -0.39 is 5.82 Å². The molecule has 1 unspecified atom stereocenters. The molecule has 0 aliphatic carbocycles. The first-order chi connectivity index (χ1) is 9.74. The maximum Gasteiger partial charge on any atom is 0.127 e. The number of benzene rings is 2. The number of para-hydroxylation sites is 1.